The van der Waals surface area contributed by atoms with Crippen molar-refractivity contribution in [2.45, 2.75) is 13.0 Å². The Morgan fingerprint density at radius 1 is 1.37 bits per heavy atom. The normalized spacial score (nSPS) is 8.89. The van der Waals surface area contributed by atoms with Gasteiger partial charge in [-0.15, -0.1) is 0 Å². The summed E-state index contributed by atoms with van der Waals surface area (Å²) in [6.45, 7) is 2.57. The first-order valence-electron chi connectivity index (χ1n) is 5.96. The van der Waals surface area contributed by atoms with Crippen LogP contribution < -0.4 is 5.32 Å². The van der Waals surface area contributed by atoms with Gasteiger partial charge >= 0.3 is 0 Å². The van der Waals surface area contributed by atoms with Gasteiger partial charge in [-0.25, -0.2) is 0 Å². The zero-order chi connectivity index (χ0) is 14.3. The molecule has 0 saturated heterocycles. The lowest BCUT2D eigenvalue weighted by atomic mass is 10.2. The predicted molar refractivity (Wildman–Crippen MR) is 72.4 cm³/mol. The lowest BCUT2D eigenvalue weighted by Gasteiger charge is -1.97. The van der Waals surface area contributed by atoms with Gasteiger partial charge in [-0.2, -0.15) is 5.26 Å². The van der Waals surface area contributed by atoms with Crippen LogP contribution in [-0.4, -0.2) is 33.8 Å². The van der Waals surface area contributed by atoms with Gasteiger partial charge < -0.3 is 14.8 Å². The van der Waals surface area contributed by atoms with Crippen molar-refractivity contribution in [3.8, 4) is 6.07 Å². The summed E-state index contributed by atoms with van der Waals surface area (Å²) in [6, 6.07) is 8.87. The highest BCUT2D eigenvalue weighted by Crippen LogP contribution is 2.03. The number of nitriles is 1. The van der Waals surface area contributed by atoms with E-state index in [1.165, 1.54) is 0 Å². The van der Waals surface area contributed by atoms with Crippen LogP contribution in [0, 0.1) is 11.3 Å². The van der Waals surface area contributed by atoms with Crippen molar-refractivity contribution in [2.24, 2.45) is 0 Å². The smallest absolute Gasteiger partial charge is 0.293 e. The molecule has 0 saturated carbocycles. The van der Waals surface area contributed by atoms with Crippen molar-refractivity contribution in [2.75, 3.05) is 27.3 Å². The fraction of sp³-hybridized carbons (Fsp3) is 0.429. The van der Waals surface area contributed by atoms with Crippen LogP contribution in [-0.2, 0) is 20.9 Å². The number of hydrogen-bond donors (Lipinski definition) is 1. The summed E-state index contributed by atoms with van der Waals surface area (Å²) in [4.78, 5) is 9.83. The van der Waals surface area contributed by atoms with Gasteiger partial charge in [0.1, 0.15) is 6.61 Å². The van der Waals surface area contributed by atoms with E-state index in [4.69, 9.17) is 10.00 Å². The molecule has 0 atom stereocenters. The first-order chi connectivity index (χ1) is 9.28. The molecule has 19 heavy (non-hydrogen) atoms. The van der Waals surface area contributed by atoms with Crippen LogP contribution in [0.15, 0.2) is 24.3 Å². The average Bonchev–Trinajstić information content (AvgIpc) is 2.47. The molecule has 0 amide bonds. The van der Waals surface area contributed by atoms with Crippen LogP contribution in [0.3, 0.4) is 0 Å². The van der Waals surface area contributed by atoms with Gasteiger partial charge in [-0.1, -0.05) is 12.1 Å². The minimum Gasteiger partial charge on any atom is -0.463 e. The Hall–Kier alpha value is -1.90. The zero-order valence-corrected chi connectivity index (χ0v) is 11.4. The van der Waals surface area contributed by atoms with Crippen molar-refractivity contribution in [1.82, 2.24) is 5.32 Å². The number of rotatable bonds is 7. The summed E-state index contributed by atoms with van der Waals surface area (Å²) in [5.74, 6) is 0. The van der Waals surface area contributed by atoms with E-state index in [0.717, 1.165) is 25.1 Å². The molecule has 0 fully saturated rings. The molecule has 104 valence electrons. The Morgan fingerprint density at radius 2 is 2.05 bits per heavy atom. The molecule has 1 aromatic carbocycles. The number of ether oxygens (including phenoxy) is 2. The van der Waals surface area contributed by atoms with Crippen LogP contribution in [0.4, 0.5) is 0 Å². The predicted octanol–water partition coefficient (Wildman–Crippen LogP) is 1.47. The minimum atomic E-state index is 0.259. The van der Waals surface area contributed by atoms with E-state index in [9.17, 15) is 4.79 Å². The molecule has 0 aliphatic carbocycles. The maximum Gasteiger partial charge on any atom is 0.293 e. The number of nitrogens with one attached hydrogen (secondary N) is 1. The molecule has 5 nitrogen and oxygen atoms in total. The second-order valence-electron chi connectivity index (χ2n) is 3.67. The number of benzene rings is 1. The summed E-state index contributed by atoms with van der Waals surface area (Å²) in [6.07, 6.45) is 1.10. The average molecular weight is 264 g/mol. The van der Waals surface area contributed by atoms with Crippen LogP contribution in [0.2, 0.25) is 0 Å². The quantitative estimate of drug-likeness (QED) is 0.596. The van der Waals surface area contributed by atoms with Gasteiger partial charge in [0.25, 0.3) is 6.47 Å². The molecule has 0 unspecified atom stereocenters. The third kappa shape index (κ3) is 9.77. The molecule has 1 N–H and O–H groups in total. The molecular formula is C14H20N2O3. The summed E-state index contributed by atoms with van der Waals surface area (Å²) in [5, 5.41) is 11.5. The third-order valence-corrected chi connectivity index (χ3v) is 2.18. The van der Waals surface area contributed by atoms with E-state index >= 15 is 0 Å². The summed E-state index contributed by atoms with van der Waals surface area (Å²) in [7, 11) is 3.66. The third-order valence-electron chi connectivity index (χ3n) is 2.18. The standard InChI is InChI=1S/C9H7NO2.C5H13NO/c10-5-8-1-3-9(4-2-8)6-12-7-11;1-6-4-3-5-7-2/h1-4,7H,6H2;6H,3-5H2,1-2H3. The number of carbonyl (C=O) groups excluding carboxylic acids is 1. The summed E-state index contributed by atoms with van der Waals surface area (Å²) < 4.78 is 9.33. The SMILES string of the molecule is CNCCCOC.N#Cc1ccc(COC=O)cc1. The molecular weight excluding hydrogens is 244 g/mol. The Balaban J connectivity index is 0.000000399. The Bertz CT molecular complexity index is 367. The molecule has 1 rings (SSSR count). The molecule has 5 heteroatoms. The molecule has 0 aliphatic rings. The van der Waals surface area contributed by atoms with Crippen molar-refractivity contribution in [3.63, 3.8) is 0 Å². The lowest BCUT2D eigenvalue weighted by molar-refractivity contribution is -0.129. The van der Waals surface area contributed by atoms with E-state index in [1.54, 1.807) is 31.4 Å². The van der Waals surface area contributed by atoms with Gasteiger partial charge in [0.15, 0.2) is 0 Å². The van der Waals surface area contributed by atoms with Gasteiger partial charge in [0.05, 0.1) is 11.6 Å². The highest BCUT2D eigenvalue weighted by Gasteiger charge is 1.92. The summed E-state index contributed by atoms with van der Waals surface area (Å²) >= 11 is 0. The van der Waals surface area contributed by atoms with E-state index in [-0.39, 0.29) is 6.61 Å². The first-order valence-corrected chi connectivity index (χ1v) is 5.96. The topological polar surface area (TPSA) is 71.3 Å². The number of hydrogen-bond acceptors (Lipinski definition) is 5. The minimum absolute atomic E-state index is 0.259. The van der Waals surface area contributed by atoms with E-state index in [0.29, 0.717) is 12.0 Å². The molecule has 0 radical (unpaired) electrons. The van der Waals surface area contributed by atoms with Crippen LogP contribution in [0.25, 0.3) is 0 Å². The maximum absolute atomic E-state index is 9.83. The second-order valence-corrected chi connectivity index (χ2v) is 3.67. The lowest BCUT2D eigenvalue weighted by Crippen LogP contribution is -2.09. The first kappa shape index (κ1) is 17.1. The largest absolute Gasteiger partial charge is 0.463 e. The Kier molecular flexibility index (Phi) is 11.3. The van der Waals surface area contributed by atoms with Crippen LogP contribution >= 0.6 is 0 Å². The van der Waals surface area contributed by atoms with Gasteiger partial charge in [-0.05, 0) is 37.7 Å². The van der Waals surface area contributed by atoms with Crippen LogP contribution in [0.5, 0.6) is 0 Å². The highest BCUT2D eigenvalue weighted by atomic mass is 16.5. The van der Waals surface area contributed by atoms with Crippen LogP contribution in [0.1, 0.15) is 17.5 Å². The van der Waals surface area contributed by atoms with Gasteiger partial charge in [0, 0.05) is 13.7 Å². The molecule has 0 bridgehead atoms. The van der Waals surface area contributed by atoms with Gasteiger partial charge in [-0.3, -0.25) is 4.79 Å². The fourth-order valence-corrected chi connectivity index (χ4v) is 1.20. The van der Waals surface area contributed by atoms with E-state index in [1.807, 2.05) is 13.1 Å². The number of carbonyl (C=O) groups is 1. The Morgan fingerprint density at radius 3 is 2.53 bits per heavy atom. The molecule has 0 spiro atoms. The number of nitrogens with zero attached hydrogens (tertiary/aromatic N) is 1. The second kappa shape index (κ2) is 12.6. The van der Waals surface area contributed by atoms with E-state index < -0.39 is 0 Å². The monoisotopic (exact) mass is 264 g/mol. The molecule has 1 aromatic rings. The number of methoxy groups -OCH3 is 1. The Labute approximate surface area is 114 Å². The zero-order valence-electron chi connectivity index (χ0n) is 11.4. The van der Waals surface area contributed by atoms with Crippen molar-refractivity contribution >= 4 is 6.47 Å². The van der Waals surface area contributed by atoms with E-state index in [2.05, 4.69) is 10.1 Å². The summed E-state index contributed by atoms with van der Waals surface area (Å²) in [5.41, 5.74) is 1.48. The van der Waals surface area contributed by atoms with Gasteiger partial charge in [0.2, 0.25) is 0 Å². The molecule has 0 heterocycles. The van der Waals surface area contributed by atoms with Crippen molar-refractivity contribution in [3.05, 3.63) is 35.4 Å². The van der Waals surface area contributed by atoms with Crippen molar-refractivity contribution < 1.29 is 14.3 Å². The maximum atomic E-state index is 9.83. The highest BCUT2D eigenvalue weighted by molar-refractivity contribution is 5.38. The molecule has 0 aromatic heterocycles. The molecule has 0 aliphatic heterocycles. The fourth-order valence-electron chi connectivity index (χ4n) is 1.20. The van der Waals surface area contributed by atoms with Crippen molar-refractivity contribution in [1.29, 1.82) is 5.26 Å².